The lowest BCUT2D eigenvalue weighted by molar-refractivity contribution is 0.101. The van der Waals surface area contributed by atoms with Crippen molar-refractivity contribution in [2.75, 3.05) is 19.4 Å². The number of imidazole rings is 1. The molecule has 174 valence electrons. The monoisotopic (exact) mass is 475 g/mol. The van der Waals surface area contributed by atoms with Gasteiger partial charge in [0.05, 0.1) is 4.90 Å². The molecule has 0 saturated heterocycles. The van der Waals surface area contributed by atoms with E-state index in [0.717, 1.165) is 47.9 Å². The summed E-state index contributed by atoms with van der Waals surface area (Å²) in [4.78, 5) is 19.7. The highest BCUT2D eigenvalue weighted by molar-refractivity contribution is 7.89. The molecule has 0 bridgehead atoms. The van der Waals surface area contributed by atoms with E-state index in [4.69, 9.17) is 5.26 Å². The summed E-state index contributed by atoms with van der Waals surface area (Å²) in [7, 11) is -0.492. The number of allylic oxidation sites excluding steroid dienone is 2. The zero-order chi connectivity index (χ0) is 24.3. The number of carbonyl (C=O) groups excluding carboxylic acids is 1. The first-order valence-corrected chi connectivity index (χ1v) is 12.4. The number of benzene rings is 2. The van der Waals surface area contributed by atoms with Crippen molar-refractivity contribution < 1.29 is 13.2 Å². The maximum Gasteiger partial charge on any atom is 0.291 e. The molecule has 0 radical (unpaired) electrons. The van der Waals surface area contributed by atoms with Crippen molar-refractivity contribution >= 4 is 27.2 Å². The Morgan fingerprint density at radius 2 is 1.85 bits per heavy atom. The molecular weight excluding hydrogens is 450 g/mol. The number of rotatable bonds is 6. The predicted octanol–water partition coefficient (Wildman–Crippen LogP) is 4.41. The fourth-order valence-corrected chi connectivity index (χ4v) is 4.79. The Balaban J connectivity index is 1.69. The van der Waals surface area contributed by atoms with Crippen molar-refractivity contribution in [3.05, 3.63) is 71.8 Å². The summed E-state index contributed by atoms with van der Waals surface area (Å²) in [6.07, 6.45) is 7.69. The quantitative estimate of drug-likeness (QED) is 0.547. The number of anilines is 1. The van der Waals surface area contributed by atoms with E-state index in [0.29, 0.717) is 5.69 Å². The smallest absolute Gasteiger partial charge is 0.291 e. The molecule has 3 aromatic rings. The molecule has 34 heavy (non-hydrogen) atoms. The van der Waals surface area contributed by atoms with Crippen LogP contribution in [0.2, 0.25) is 0 Å². The van der Waals surface area contributed by atoms with Crippen LogP contribution in [0.25, 0.3) is 16.7 Å². The zero-order valence-electron chi connectivity index (χ0n) is 19.0. The SMILES string of the molecule is CN(C)S(=O)(=O)c1ccc(-c2ccc(NC(=O)c3nc(C#N)c[nH]3)c(C3=CCCCC3)c2)cc1. The third kappa shape index (κ3) is 4.78. The number of aromatic nitrogens is 2. The molecule has 1 heterocycles. The second kappa shape index (κ2) is 9.63. The first kappa shape index (κ1) is 23.4. The topological polar surface area (TPSA) is 119 Å². The van der Waals surface area contributed by atoms with Crippen LogP contribution in [-0.2, 0) is 10.0 Å². The minimum atomic E-state index is -3.50. The number of nitriles is 1. The van der Waals surface area contributed by atoms with Gasteiger partial charge in [-0.1, -0.05) is 24.3 Å². The van der Waals surface area contributed by atoms with E-state index in [1.54, 1.807) is 24.3 Å². The van der Waals surface area contributed by atoms with Crippen molar-refractivity contribution in [2.24, 2.45) is 0 Å². The van der Waals surface area contributed by atoms with Crippen molar-refractivity contribution in [2.45, 2.75) is 30.6 Å². The van der Waals surface area contributed by atoms with Gasteiger partial charge in [0, 0.05) is 31.5 Å². The second-order valence-electron chi connectivity index (χ2n) is 8.25. The van der Waals surface area contributed by atoms with Crippen LogP contribution in [0.1, 0.15) is 47.6 Å². The molecule has 2 N–H and O–H groups in total. The predicted molar refractivity (Wildman–Crippen MR) is 130 cm³/mol. The van der Waals surface area contributed by atoms with Crippen LogP contribution in [0.15, 0.2) is 59.6 Å². The van der Waals surface area contributed by atoms with Gasteiger partial charge < -0.3 is 10.3 Å². The van der Waals surface area contributed by atoms with Gasteiger partial charge in [-0.3, -0.25) is 4.79 Å². The zero-order valence-corrected chi connectivity index (χ0v) is 19.8. The van der Waals surface area contributed by atoms with Crippen molar-refractivity contribution in [3.8, 4) is 17.2 Å². The fourth-order valence-electron chi connectivity index (χ4n) is 3.89. The fraction of sp³-hybridized carbons (Fsp3) is 0.240. The Bertz CT molecular complexity index is 1400. The average Bonchev–Trinajstić information content (AvgIpc) is 3.34. The summed E-state index contributed by atoms with van der Waals surface area (Å²) in [6, 6.07) is 14.4. The van der Waals surface area contributed by atoms with E-state index in [1.807, 2.05) is 24.3 Å². The Morgan fingerprint density at radius 3 is 2.47 bits per heavy atom. The summed E-state index contributed by atoms with van der Waals surface area (Å²) >= 11 is 0. The Morgan fingerprint density at radius 1 is 1.12 bits per heavy atom. The molecule has 0 fully saturated rings. The highest BCUT2D eigenvalue weighted by atomic mass is 32.2. The van der Waals surface area contributed by atoms with Gasteiger partial charge in [-0.05, 0) is 66.6 Å². The number of nitrogens with zero attached hydrogens (tertiary/aromatic N) is 3. The minimum Gasteiger partial charge on any atom is -0.339 e. The van der Waals surface area contributed by atoms with Crippen LogP contribution in [0.5, 0.6) is 0 Å². The highest BCUT2D eigenvalue weighted by Gasteiger charge is 2.19. The lowest BCUT2D eigenvalue weighted by atomic mass is 9.90. The van der Waals surface area contributed by atoms with E-state index >= 15 is 0 Å². The van der Waals surface area contributed by atoms with Crippen molar-refractivity contribution in [3.63, 3.8) is 0 Å². The van der Waals surface area contributed by atoms with E-state index in [2.05, 4.69) is 21.4 Å². The molecular formula is C25H25N5O3S. The molecule has 2 aromatic carbocycles. The van der Waals surface area contributed by atoms with E-state index in [1.165, 1.54) is 24.6 Å². The standard InChI is InChI=1S/C25H25N5O3S/c1-30(2)34(32,33)21-11-8-17(9-12-21)19-10-13-23(22(14-19)18-6-4-3-5-7-18)29-25(31)24-27-16-20(15-26)28-24/h6,8-14,16H,3-5,7H2,1-2H3,(H,27,28)(H,29,31). The Labute approximate surface area is 199 Å². The molecule has 0 atom stereocenters. The molecule has 0 unspecified atom stereocenters. The van der Waals surface area contributed by atoms with Crippen LogP contribution in [0.3, 0.4) is 0 Å². The van der Waals surface area contributed by atoms with Gasteiger partial charge in [0.25, 0.3) is 5.91 Å². The molecule has 4 rings (SSSR count). The molecule has 1 amide bonds. The van der Waals surface area contributed by atoms with Gasteiger partial charge in [0.2, 0.25) is 10.0 Å². The lowest BCUT2D eigenvalue weighted by Gasteiger charge is -2.18. The summed E-state index contributed by atoms with van der Waals surface area (Å²) in [5.74, 6) is -0.355. The number of aromatic amines is 1. The van der Waals surface area contributed by atoms with Crippen LogP contribution in [0.4, 0.5) is 5.69 Å². The van der Waals surface area contributed by atoms with Crippen molar-refractivity contribution in [1.29, 1.82) is 5.26 Å². The summed E-state index contributed by atoms with van der Waals surface area (Å²) in [6.45, 7) is 0. The summed E-state index contributed by atoms with van der Waals surface area (Å²) in [5.41, 5.74) is 4.67. The van der Waals surface area contributed by atoms with E-state index in [9.17, 15) is 13.2 Å². The maximum atomic E-state index is 12.7. The summed E-state index contributed by atoms with van der Waals surface area (Å²) in [5, 5.41) is 11.9. The summed E-state index contributed by atoms with van der Waals surface area (Å²) < 4.78 is 25.9. The molecule has 0 spiro atoms. The van der Waals surface area contributed by atoms with Crippen LogP contribution in [0, 0.1) is 11.3 Å². The van der Waals surface area contributed by atoms with E-state index < -0.39 is 15.9 Å². The molecule has 1 aromatic heterocycles. The van der Waals surface area contributed by atoms with Gasteiger partial charge >= 0.3 is 0 Å². The first-order valence-electron chi connectivity index (χ1n) is 10.9. The van der Waals surface area contributed by atoms with Gasteiger partial charge in [-0.2, -0.15) is 5.26 Å². The number of nitrogens with one attached hydrogen (secondary N) is 2. The lowest BCUT2D eigenvalue weighted by Crippen LogP contribution is -2.22. The third-order valence-corrected chi connectivity index (χ3v) is 7.61. The van der Waals surface area contributed by atoms with Crippen LogP contribution >= 0.6 is 0 Å². The number of carbonyl (C=O) groups is 1. The third-order valence-electron chi connectivity index (χ3n) is 5.78. The van der Waals surface area contributed by atoms with E-state index in [-0.39, 0.29) is 16.4 Å². The molecule has 0 aliphatic heterocycles. The molecule has 1 aliphatic rings. The van der Waals surface area contributed by atoms with Gasteiger partial charge in [-0.15, -0.1) is 0 Å². The second-order valence-corrected chi connectivity index (χ2v) is 10.4. The molecule has 8 nitrogen and oxygen atoms in total. The Hall–Kier alpha value is -3.74. The largest absolute Gasteiger partial charge is 0.339 e. The van der Waals surface area contributed by atoms with Crippen LogP contribution < -0.4 is 5.32 Å². The number of H-pyrrole nitrogens is 1. The normalized spacial score (nSPS) is 13.9. The highest BCUT2D eigenvalue weighted by Crippen LogP contribution is 2.35. The number of hydrogen-bond donors (Lipinski definition) is 2. The van der Waals surface area contributed by atoms with Gasteiger partial charge in [0.15, 0.2) is 11.5 Å². The Kier molecular flexibility index (Phi) is 6.63. The maximum absolute atomic E-state index is 12.7. The number of sulfonamides is 1. The van der Waals surface area contributed by atoms with Crippen molar-refractivity contribution in [1.82, 2.24) is 14.3 Å². The number of hydrogen-bond acceptors (Lipinski definition) is 5. The van der Waals surface area contributed by atoms with Crippen LogP contribution in [-0.4, -0.2) is 42.7 Å². The minimum absolute atomic E-state index is 0.0712. The molecule has 9 heteroatoms. The van der Waals surface area contributed by atoms with Gasteiger partial charge in [0.1, 0.15) is 6.07 Å². The first-order chi connectivity index (χ1) is 16.3. The van der Waals surface area contributed by atoms with Gasteiger partial charge in [-0.25, -0.2) is 17.7 Å². The average molecular weight is 476 g/mol. The number of amides is 1. The molecule has 0 saturated carbocycles. The molecule has 1 aliphatic carbocycles.